The number of hydrogen-bond donors (Lipinski definition) is 0. The second-order valence-corrected chi connectivity index (χ2v) is 12.9. The van der Waals surface area contributed by atoms with Gasteiger partial charge in [-0.2, -0.15) is 13.2 Å². The average molecular weight is 575 g/mol. The predicted octanol–water partition coefficient (Wildman–Crippen LogP) is 7.44. The normalized spacial score (nSPS) is 22.7. The van der Waals surface area contributed by atoms with E-state index in [1.807, 2.05) is 26.8 Å². The van der Waals surface area contributed by atoms with Gasteiger partial charge in [0.05, 0.1) is 35.5 Å². The van der Waals surface area contributed by atoms with Crippen molar-refractivity contribution in [2.75, 3.05) is 13.1 Å². The van der Waals surface area contributed by atoms with Crippen LogP contribution < -0.4 is 0 Å². The van der Waals surface area contributed by atoms with E-state index in [1.54, 1.807) is 17.0 Å². The highest BCUT2D eigenvalue weighted by Crippen LogP contribution is 2.57. The maximum absolute atomic E-state index is 14.4. The Balaban J connectivity index is 1.37. The van der Waals surface area contributed by atoms with Gasteiger partial charge >= 0.3 is 6.18 Å². The number of ether oxygens (including phenoxy) is 1. The zero-order chi connectivity index (χ0) is 27.0. The molecule has 0 bridgehead atoms. The predicted molar refractivity (Wildman–Crippen MR) is 136 cm³/mol. The van der Waals surface area contributed by atoms with E-state index in [4.69, 9.17) is 27.9 Å². The lowest BCUT2D eigenvalue weighted by Gasteiger charge is -2.48. The van der Waals surface area contributed by atoms with Crippen LogP contribution >= 0.6 is 35.1 Å². The van der Waals surface area contributed by atoms with Crippen molar-refractivity contribution in [3.63, 3.8) is 0 Å². The van der Waals surface area contributed by atoms with Gasteiger partial charge in [0.1, 0.15) is 5.60 Å². The summed E-state index contributed by atoms with van der Waals surface area (Å²) < 4.78 is 65.0. The molecule has 1 fully saturated rings. The van der Waals surface area contributed by atoms with Crippen LogP contribution in [0.3, 0.4) is 0 Å². The van der Waals surface area contributed by atoms with Crippen molar-refractivity contribution >= 4 is 46.8 Å². The highest BCUT2D eigenvalue weighted by molar-refractivity contribution is 7.99. The van der Waals surface area contributed by atoms with Crippen LogP contribution in [-0.4, -0.2) is 35.8 Å². The summed E-state index contributed by atoms with van der Waals surface area (Å²) in [6, 6.07) is 7.33. The van der Waals surface area contributed by atoms with Crippen LogP contribution in [-0.2, 0) is 26.5 Å². The number of halogens is 6. The van der Waals surface area contributed by atoms with Gasteiger partial charge in [-0.25, -0.2) is 8.79 Å². The molecule has 1 saturated heterocycles. The van der Waals surface area contributed by atoms with Gasteiger partial charge in [0.2, 0.25) is 5.91 Å². The zero-order valence-electron chi connectivity index (χ0n) is 20.3. The summed E-state index contributed by atoms with van der Waals surface area (Å²) >= 11 is 12.0. The van der Waals surface area contributed by atoms with Gasteiger partial charge in [-0.1, -0.05) is 56.1 Å². The van der Waals surface area contributed by atoms with Crippen LogP contribution in [0.25, 0.3) is 0 Å². The van der Waals surface area contributed by atoms with Crippen LogP contribution in [0.1, 0.15) is 55.9 Å². The Bertz CT molecular complexity index is 1300. The summed E-state index contributed by atoms with van der Waals surface area (Å²) in [6.45, 7) is 7.25. The first-order valence-electron chi connectivity index (χ1n) is 11.7. The van der Waals surface area contributed by atoms with Crippen molar-refractivity contribution in [2.24, 2.45) is 9.81 Å². The number of carbonyl (C=O) groups excluding carboxylic acids is 1. The molecule has 0 saturated carbocycles. The molecule has 0 aromatic heterocycles. The molecule has 2 aromatic carbocycles. The molecule has 37 heavy (non-hydrogen) atoms. The monoisotopic (exact) mass is 574 g/mol. The van der Waals surface area contributed by atoms with Crippen LogP contribution in [0.15, 0.2) is 34.7 Å². The van der Waals surface area contributed by atoms with E-state index in [2.05, 4.69) is 4.40 Å². The van der Waals surface area contributed by atoms with Gasteiger partial charge in [0, 0.05) is 12.8 Å². The van der Waals surface area contributed by atoms with Gasteiger partial charge < -0.3 is 9.64 Å². The van der Waals surface area contributed by atoms with Crippen molar-refractivity contribution in [1.82, 2.24) is 4.90 Å². The molecule has 1 unspecified atom stereocenters. The fourth-order valence-corrected chi connectivity index (χ4v) is 6.50. The average Bonchev–Trinajstić information content (AvgIpc) is 3.37. The lowest BCUT2D eigenvalue weighted by molar-refractivity contribution is -0.170. The number of nitrogens with zero attached hydrogens (tertiary/aromatic N) is 2. The molecule has 4 nitrogen and oxygen atoms in total. The van der Waals surface area contributed by atoms with Crippen molar-refractivity contribution in [3.8, 4) is 0 Å². The molecule has 11 heteroatoms. The third-order valence-corrected chi connectivity index (χ3v) is 8.78. The number of fused-ring (bicyclic) bond motifs is 2. The molecule has 1 amide bonds. The molecule has 2 aromatic rings. The molecular weight excluding hydrogens is 551 g/mol. The van der Waals surface area contributed by atoms with Crippen molar-refractivity contribution in [2.45, 2.75) is 56.7 Å². The van der Waals surface area contributed by atoms with E-state index in [0.29, 0.717) is 43.6 Å². The molecule has 1 atom stereocenters. The Morgan fingerprint density at radius 2 is 1.78 bits per heavy atom. The fourth-order valence-electron chi connectivity index (χ4n) is 5.05. The second kappa shape index (κ2) is 8.86. The van der Waals surface area contributed by atoms with Gasteiger partial charge in [0.15, 0.2) is 10.6 Å². The van der Waals surface area contributed by atoms with E-state index >= 15 is 0 Å². The first-order valence-corrected chi connectivity index (χ1v) is 13.2. The molecule has 0 N–H and O–H groups in total. The number of rotatable bonds is 3. The first-order chi connectivity index (χ1) is 17.1. The lowest BCUT2D eigenvalue weighted by atomic mass is 9.82. The maximum atomic E-state index is 14.4. The van der Waals surface area contributed by atoms with Crippen molar-refractivity contribution in [1.29, 1.82) is 0 Å². The van der Waals surface area contributed by atoms with Gasteiger partial charge in [0.25, 0.3) is 0 Å². The van der Waals surface area contributed by atoms with Crippen LogP contribution in [0.5, 0.6) is 0 Å². The summed E-state index contributed by atoms with van der Waals surface area (Å²) in [4.78, 5) is 14.3. The molecule has 1 spiro atoms. The van der Waals surface area contributed by atoms with E-state index in [1.165, 1.54) is 0 Å². The second-order valence-electron chi connectivity index (χ2n) is 11.0. The quantitative estimate of drug-likeness (QED) is 0.217. The Labute approximate surface area is 226 Å². The Morgan fingerprint density at radius 3 is 2.38 bits per heavy atom. The summed E-state index contributed by atoms with van der Waals surface area (Å²) in [5.41, 5.74) is 1.69. The third kappa shape index (κ3) is 4.56. The smallest absolute Gasteiger partial charge is 0.362 e. The van der Waals surface area contributed by atoms with Gasteiger partial charge in [-0.05, 0) is 57.8 Å². The summed E-state index contributed by atoms with van der Waals surface area (Å²) in [5.74, 6) is -0.885. The molecule has 3 aliphatic rings. The SMILES string of the molecule is CC(C)(C)CC(=O)N1CC2(C1)OCc1cc(C3=NSC(c4cc(Cl)c(F)c(Cl)c4)(C(F)(F)F)C3)ccc12. The lowest BCUT2D eigenvalue weighted by Crippen LogP contribution is -2.61. The molecule has 3 aliphatic heterocycles. The zero-order valence-corrected chi connectivity index (χ0v) is 22.6. The number of carbonyl (C=O) groups is 1. The maximum Gasteiger partial charge on any atom is 0.409 e. The largest absolute Gasteiger partial charge is 0.409 e. The third-order valence-electron chi connectivity index (χ3n) is 7.00. The molecule has 198 valence electrons. The Kier molecular flexibility index (Phi) is 6.42. The minimum Gasteiger partial charge on any atom is -0.362 e. The number of benzene rings is 2. The van der Waals surface area contributed by atoms with E-state index in [9.17, 15) is 22.4 Å². The molecular formula is C26H24Cl2F4N2O2S. The van der Waals surface area contributed by atoms with Gasteiger partial charge in [-0.15, -0.1) is 0 Å². The van der Waals surface area contributed by atoms with E-state index in [0.717, 1.165) is 23.3 Å². The minimum absolute atomic E-state index is 0.0774. The topological polar surface area (TPSA) is 41.9 Å². The fraction of sp³-hybridized carbons (Fsp3) is 0.462. The molecule has 3 heterocycles. The summed E-state index contributed by atoms with van der Waals surface area (Å²) in [5, 5.41) is -0.952. The first kappa shape index (κ1) is 26.8. The Hall–Kier alpha value is -1.81. The standard InChI is InChI=1S/C26H24Cl2F4N2O2S/c1-23(2,3)10-21(35)34-12-24(13-34)17-5-4-14(6-15(17)11-36-24)20-9-25(37-33-20,26(30,31)32)16-7-18(27)22(29)19(28)8-16/h4-8H,9-13H2,1-3H3. The molecule has 0 radical (unpaired) electrons. The molecule has 5 rings (SSSR count). The van der Waals surface area contributed by atoms with Crippen molar-refractivity contribution < 1.29 is 27.1 Å². The van der Waals surface area contributed by atoms with Crippen LogP contribution in [0.2, 0.25) is 10.0 Å². The van der Waals surface area contributed by atoms with Crippen LogP contribution in [0.4, 0.5) is 17.6 Å². The number of alkyl halides is 3. The number of hydrogen-bond acceptors (Lipinski definition) is 4. The van der Waals surface area contributed by atoms with E-state index < -0.39 is 38.8 Å². The minimum atomic E-state index is -4.70. The van der Waals surface area contributed by atoms with Crippen molar-refractivity contribution in [3.05, 3.63) is 68.4 Å². The van der Waals surface area contributed by atoms with E-state index in [-0.39, 0.29) is 22.6 Å². The van der Waals surface area contributed by atoms with Gasteiger partial charge in [-0.3, -0.25) is 4.79 Å². The Morgan fingerprint density at radius 1 is 1.14 bits per heavy atom. The summed E-state index contributed by atoms with van der Waals surface area (Å²) in [7, 11) is 0. The highest BCUT2D eigenvalue weighted by atomic mass is 35.5. The molecule has 0 aliphatic carbocycles. The highest BCUT2D eigenvalue weighted by Gasteiger charge is 2.60. The number of amides is 1. The number of likely N-dealkylation sites (tertiary alicyclic amines) is 1. The summed E-state index contributed by atoms with van der Waals surface area (Å²) in [6.07, 6.45) is -4.72. The van der Waals surface area contributed by atoms with Crippen LogP contribution in [0, 0.1) is 11.2 Å².